The highest BCUT2D eigenvalue weighted by atomic mass is 15.2. The minimum atomic E-state index is 0.979. The van der Waals surface area contributed by atoms with Gasteiger partial charge in [0.1, 0.15) is 0 Å². The van der Waals surface area contributed by atoms with E-state index in [2.05, 4.69) is 15.1 Å². The Hall–Kier alpha value is -0.120. The third kappa shape index (κ3) is 3.46. The molecule has 3 rings (SSSR count). The van der Waals surface area contributed by atoms with Crippen molar-refractivity contribution in [1.82, 2.24) is 15.1 Å². The van der Waals surface area contributed by atoms with Gasteiger partial charge in [0.25, 0.3) is 0 Å². The summed E-state index contributed by atoms with van der Waals surface area (Å²) in [5.74, 6) is 1.97. The Morgan fingerprint density at radius 2 is 1.56 bits per heavy atom. The molecule has 0 aliphatic carbocycles. The standard InChI is InChI=1S/C15H29N3/c1-2-7-18(6-1)13-14-3-8-17(9-4-14)10-5-15-11-16-12-15/h14-16H,1-13H2. The van der Waals surface area contributed by atoms with Crippen LogP contribution < -0.4 is 5.32 Å². The fourth-order valence-electron chi connectivity index (χ4n) is 3.64. The molecule has 3 nitrogen and oxygen atoms in total. The van der Waals surface area contributed by atoms with Crippen LogP contribution in [0.1, 0.15) is 32.1 Å². The van der Waals surface area contributed by atoms with E-state index in [9.17, 15) is 0 Å². The lowest BCUT2D eigenvalue weighted by atomic mass is 9.94. The number of likely N-dealkylation sites (tertiary alicyclic amines) is 2. The predicted octanol–water partition coefficient (Wildman–Crippen LogP) is 1.40. The number of piperidine rings is 1. The molecule has 0 radical (unpaired) electrons. The molecule has 0 bridgehead atoms. The van der Waals surface area contributed by atoms with Crippen LogP contribution in [0.25, 0.3) is 0 Å². The summed E-state index contributed by atoms with van der Waals surface area (Å²) < 4.78 is 0. The Morgan fingerprint density at radius 1 is 0.833 bits per heavy atom. The lowest BCUT2D eigenvalue weighted by Crippen LogP contribution is -2.45. The molecular weight excluding hydrogens is 222 g/mol. The van der Waals surface area contributed by atoms with Gasteiger partial charge < -0.3 is 15.1 Å². The third-order valence-electron chi connectivity index (χ3n) is 5.14. The normalized spacial score (nSPS) is 28.7. The van der Waals surface area contributed by atoms with Crippen molar-refractivity contribution in [3.8, 4) is 0 Å². The van der Waals surface area contributed by atoms with Gasteiger partial charge in [-0.25, -0.2) is 0 Å². The Balaban J connectivity index is 1.30. The molecule has 18 heavy (non-hydrogen) atoms. The number of rotatable bonds is 5. The molecule has 3 aliphatic heterocycles. The fourth-order valence-corrected chi connectivity index (χ4v) is 3.64. The SMILES string of the molecule is C1CCN(CC2CCN(CCC3CNC3)CC2)C1. The molecule has 0 amide bonds. The van der Waals surface area contributed by atoms with Gasteiger partial charge in [0.2, 0.25) is 0 Å². The molecule has 104 valence electrons. The molecule has 0 atom stereocenters. The molecule has 0 aromatic rings. The summed E-state index contributed by atoms with van der Waals surface area (Å²) in [5.41, 5.74) is 0. The molecule has 3 aliphatic rings. The minimum absolute atomic E-state index is 0.979. The van der Waals surface area contributed by atoms with E-state index in [1.54, 1.807) is 0 Å². The maximum absolute atomic E-state index is 3.37. The van der Waals surface area contributed by atoms with Crippen LogP contribution in [0.2, 0.25) is 0 Å². The topological polar surface area (TPSA) is 18.5 Å². The van der Waals surface area contributed by atoms with Crippen LogP contribution in [0.3, 0.4) is 0 Å². The van der Waals surface area contributed by atoms with Gasteiger partial charge in [0.15, 0.2) is 0 Å². The highest BCUT2D eigenvalue weighted by molar-refractivity contribution is 4.80. The fraction of sp³-hybridized carbons (Fsp3) is 1.00. The zero-order valence-electron chi connectivity index (χ0n) is 11.7. The number of nitrogens with one attached hydrogen (secondary N) is 1. The van der Waals surface area contributed by atoms with E-state index in [1.165, 1.54) is 84.5 Å². The molecule has 0 spiro atoms. The summed E-state index contributed by atoms with van der Waals surface area (Å²) in [6.07, 6.45) is 7.19. The molecule has 3 heteroatoms. The first-order valence-corrected chi connectivity index (χ1v) is 8.05. The number of nitrogens with zero attached hydrogens (tertiary/aromatic N) is 2. The van der Waals surface area contributed by atoms with Gasteiger partial charge in [-0.1, -0.05) is 0 Å². The summed E-state index contributed by atoms with van der Waals surface area (Å²) in [5, 5.41) is 3.37. The summed E-state index contributed by atoms with van der Waals surface area (Å²) in [6.45, 7) is 10.7. The minimum Gasteiger partial charge on any atom is -0.316 e. The van der Waals surface area contributed by atoms with Crippen molar-refractivity contribution in [3.05, 3.63) is 0 Å². The van der Waals surface area contributed by atoms with Crippen LogP contribution in [0.5, 0.6) is 0 Å². The first kappa shape index (κ1) is 12.9. The van der Waals surface area contributed by atoms with E-state index in [-0.39, 0.29) is 0 Å². The molecule has 0 unspecified atom stereocenters. The predicted molar refractivity (Wildman–Crippen MR) is 75.8 cm³/mol. The first-order valence-electron chi connectivity index (χ1n) is 8.05. The monoisotopic (exact) mass is 251 g/mol. The van der Waals surface area contributed by atoms with Gasteiger partial charge in [0.05, 0.1) is 0 Å². The van der Waals surface area contributed by atoms with Crippen LogP contribution >= 0.6 is 0 Å². The summed E-state index contributed by atoms with van der Waals surface area (Å²) in [7, 11) is 0. The Labute approximate surface area is 112 Å². The molecule has 3 saturated heterocycles. The molecule has 0 aromatic heterocycles. The third-order valence-corrected chi connectivity index (χ3v) is 5.14. The highest BCUT2D eigenvalue weighted by Gasteiger charge is 2.24. The van der Waals surface area contributed by atoms with Crippen molar-refractivity contribution in [2.45, 2.75) is 32.1 Å². The van der Waals surface area contributed by atoms with Gasteiger partial charge >= 0.3 is 0 Å². The molecule has 1 N–H and O–H groups in total. The quantitative estimate of drug-likeness (QED) is 0.797. The molecule has 3 heterocycles. The van der Waals surface area contributed by atoms with E-state index >= 15 is 0 Å². The van der Waals surface area contributed by atoms with E-state index < -0.39 is 0 Å². The van der Waals surface area contributed by atoms with Crippen LogP contribution in [0.15, 0.2) is 0 Å². The van der Waals surface area contributed by atoms with E-state index in [0.717, 1.165) is 11.8 Å². The lowest BCUT2D eigenvalue weighted by Gasteiger charge is -2.35. The average Bonchev–Trinajstić information content (AvgIpc) is 2.82. The van der Waals surface area contributed by atoms with Crippen molar-refractivity contribution >= 4 is 0 Å². The summed E-state index contributed by atoms with van der Waals surface area (Å²) >= 11 is 0. The smallest absolute Gasteiger partial charge is 0.00106 e. The Bertz CT molecular complexity index is 238. The number of hydrogen-bond acceptors (Lipinski definition) is 3. The first-order chi connectivity index (χ1) is 8.90. The van der Waals surface area contributed by atoms with Crippen molar-refractivity contribution < 1.29 is 0 Å². The average molecular weight is 251 g/mol. The second-order valence-corrected chi connectivity index (χ2v) is 6.61. The Kier molecular flexibility index (Phi) is 4.55. The van der Waals surface area contributed by atoms with E-state index in [0.29, 0.717) is 0 Å². The van der Waals surface area contributed by atoms with Crippen LogP contribution in [0.4, 0.5) is 0 Å². The van der Waals surface area contributed by atoms with E-state index in [4.69, 9.17) is 0 Å². The molecule has 0 aromatic carbocycles. The molecule has 0 saturated carbocycles. The number of hydrogen-bond donors (Lipinski definition) is 1. The van der Waals surface area contributed by atoms with Gasteiger partial charge in [-0.3, -0.25) is 0 Å². The lowest BCUT2D eigenvalue weighted by molar-refractivity contribution is 0.142. The van der Waals surface area contributed by atoms with Crippen LogP contribution in [0, 0.1) is 11.8 Å². The van der Waals surface area contributed by atoms with E-state index in [1.807, 2.05) is 0 Å². The van der Waals surface area contributed by atoms with Gasteiger partial charge in [-0.15, -0.1) is 0 Å². The molecule has 3 fully saturated rings. The zero-order chi connectivity index (χ0) is 12.2. The van der Waals surface area contributed by atoms with Crippen molar-refractivity contribution in [1.29, 1.82) is 0 Å². The zero-order valence-corrected chi connectivity index (χ0v) is 11.7. The second kappa shape index (κ2) is 6.36. The van der Waals surface area contributed by atoms with Crippen molar-refractivity contribution in [3.63, 3.8) is 0 Å². The van der Waals surface area contributed by atoms with Gasteiger partial charge in [0, 0.05) is 6.54 Å². The summed E-state index contributed by atoms with van der Waals surface area (Å²) in [4.78, 5) is 5.40. The summed E-state index contributed by atoms with van der Waals surface area (Å²) in [6, 6.07) is 0. The van der Waals surface area contributed by atoms with Crippen molar-refractivity contribution in [2.24, 2.45) is 11.8 Å². The molecular formula is C15H29N3. The highest BCUT2D eigenvalue weighted by Crippen LogP contribution is 2.21. The van der Waals surface area contributed by atoms with Crippen LogP contribution in [-0.2, 0) is 0 Å². The van der Waals surface area contributed by atoms with Gasteiger partial charge in [-0.05, 0) is 89.8 Å². The second-order valence-electron chi connectivity index (χ2n) is 6.61. The van der Waals surface area contributed by atoms with Crippen molar-refractivity contribution in [2.75, 3.05) is 52.4 Å². The van der Waals surface area contributed by atoms with Gasteiger partial charge in [-0.2, -0.15) is 0 Å². The maximum atomic E-state index is 3.37. The Morgan fingerprint density at radius 3 is 2.17 bits per heavy atom. The maximum Gasteiger partial charge on any atom is 0.00106 e. The largest absolute Gasteiger partial charge is 0.316 e. The van der Waals surface area contributed by atoms with Crippen LogP contribution in [-0.4, -0.2) is 62.2 Å².